The summed E-state index contributed by atoms with van der Waals surface area (Å²) in [6, 6.07) is 0. The van der Waals surface area contributed by atoms with Crippen LogP contribution in [-0.4, -0.2) is 16.9 Å². The third kappa shape index (κ3) is 1.43. The maximum Gasteiger partial charge on any atom is 0.365 e. The molecule has 3 nitrogen and oxygen atoms in total. The minimum atomic E-state index is 0.412. The van der Waals surface area contributed by atoms with E-state index in [9.17, 15) is 0 Å². The van der Waals surface area contributed by atoms with Gasteiger partial charge in [0.15, 0.2) is 0 Å². The van der Waals surface area contributed by atoms with Crippen LogP contribution >= 0.6 is 0 Å². The Balaban J connectivity index is 2.99. The van der Waals surface area contributed by atoms with Gasteiger partial charge < -0.3 is 4.48 Å². The van der Waals surface area contributed by atoms with Gasteiger partial charge in [0.05, 0.1) is 5.82 Å². The molecule has 0 aromatic carbocycles. The highest BCUT2D eigenvalue weighted by atomic mass is 15.0. The minimum absolute atomic E-state index is 0.412. The summed E-state index contributed by atoms with van der Waals surface area (Å²) in [6.07, 6.45) is 2.69. The quantitative estimate of drug-likeness (QED) is 0.569. The average Bonchev–Trinajstić information content (AvgIpc) is 2.34. The van der Waals surface area contributed by atoms with E-state index in [1.54, 1.807) is 6.20 Å². The Labute approximate surface area is 66.9 Å². The van der Waals surface area contributed by atoms with Crippen molar-refractivity contribution in [3.05, 3.63) is 17.7 Å². The van der Waals surface area contributed by atoms with Crippen molar-refractivity contribution in [2.75, 3.05) is 0 Å². The third-order valence-electron chi connectivity index (χ3n) is 1.68. The monoisotopic (exact) mass is 147 g/mol. The summed E-state index contributed by atoms with van der Waals surface area (Å²) in [5.74, 6) is 3.10. The highest BCUT2D eigenvalue weighted by molar-refractivity contribution is 6.43. The fraction of sp³-hybridized carbons (Fsp3) is 0.429. The summed E-state index contributed by atoms with van der Waals surface area (Å²) >= 11 is 0. The van der Waals surface area contributed by atoms with E-state index >= 15 is 0 Å². The van der Waals surface area contributed by atoms with Crippen LogP contribution in [0.1, 0.15) is 18.4 Å². The lowest BCUT2D eigenvalue weighted by molar-refractivity contribution is 0.933. The lowest BCUT2D eigenvalue weighted by Crippen LogP contribution is -2.09. The lowest BCUT2D eigenvalue weighted by Gasteiger charge is -2.00. The number of aromatic nitrogens is 2. The standard InChI is InChI=1S/C7H10BN3/c1-3-7-10-4-6(2)11(7)8-5-9/h4,8H,3H2,1-2H3. The first-order chi connectivity index (χ1) is 5.29. The smallest absolute Gasteiger partial charge is 0.365 e. The van der Waals surface area contributed by atoms with Gasteiger partial charge in [-0.2, -0.15) is 0 Å². The summed E-state index contributed by atoms with van der Waals surface area (Å²) in [6.45, 7) is 4.00. The van der Waals surface area contributed by atoms with Crippen LogP contribution in [0.2, 0.25) is 0 Å². The lowest BCUT2D eigenvalue weighted by atomic mass is 9.97. The molecule has 4 heteroatoms. The Kier molecular flexibility index (Phi) is 2.32. The van der Waals surface area contributed by atoms with Gasteiger partial charge in [-0.1, -0.05) is 6.92 Å². The molecule has 0 fully saturated rings. The molecule has 1 aromatic rings. The molecule has 0 bridgehead atoms. The number of imidazole rings is 1. The molecule has 0 N–H and O–H groups in total. The summed E-state index contributed by atoms with van der Waals surface area (Å²) < 4.78 is 1.93. The number of nitrogens with zero attached hydrogens (tertiary/aromatic N) is 3. The molecule has 11 heavy (non-hydrogen) atoms. The second kappa shape index (κ2) is 3.24. The summed E-state index contributed by atoms with van der Waals surface area (Å²) in [5.41, 5.74) is 1.06. The SMILES string of the molecule is CCc1ncc(C)n1BC#N. The number of nitriles is 1. The van der Waals surface area contributed by atoms with Crippen molar-refractivity contribution >= 4 is 7.41 Å². The van der Waals surface area contributed by atoms with E-state index < -0.39 is 0 Å². The first-order valence-corrected chi connectivity index (χ1v) is 3.67. The molecule has 0 radical (unpaired) electrons. The zero-order chi connectivity index (χ0) is 8.27. The fourth-order valence-electron chi connectivity index (χ4n) is 1.08. The molecule has 0 spiro atoms. The fourth-order valence-corrected chi connectivity index (χ4v) is 1.08. The van der Waals surface area contributed by atoms with Gasteiger partial charge in [0.25, 0.3) is 0 Å². The Bertz CT molecular complexity index is 284. The Morgan fingerprint density at radius 1 is 1.82 bits per heavy atom. The van der Waals surface area contributed by atoms with Gasteiger partial charge in [-0.25, -0.2) is 10.2 Å². The second-order valence-corrected chi connectivity index (χ2v) is 2.41. The van der Waals surface area contributed by atoms with E-state index in [4.69, 9.17) is 5.26 Å². The van der Waals surface area contributed by atoms with Gasteiger partial charge in [-0.05, 0) is 6.92 Å². The molecule has 56 valence electrons. The van der Waals surface area contributed by atoms with Crippen LogP contribution in [-0.2, 0) is 6.42 Å². The van der Waals surface area contributed by atoms with Gasteiger partial charge >= 0.3 is 7.41 Å². The second-order valence-electron chi connectivity index (χ2n) is 2.41. The molecule has 0 aliphatic heterocycles. The Morgan fingerprint density at radius 2 is 2.55 bits per heavy atom. The first-order valence-electron chi connectivity index (χ1n) is 3.67. The molecule has 0 unspecified atom stereocenters. The van der Waals surface area contributed by atoms with E-state index in [1.807, 2.05) is 18.3 Å². The predicted octanol–water partition coefficient (Wildman–Crippen LogP) is 0.435. The number of hydrogen-bond acceptors (Lipinski definition) is 2. The van der Waals surface area contributed by atoms with Gasteiger partial charge in [0, 0.05) is 24.3 Å². The molecule has 0 atom stereocenters. The first kappa shape index (κ1) is 7.87. The van der Waals surface area contributed by atoms with E-state index in [0.717, 1.165) is 17.9 Å². The van der Waals surface area contributed by atoms with Crippen molar-refractivity contribution in [1.82, 2.24) is 9.46 Å². The predicted molar refractivity (Wildman–Crippen MR) is 44.5 cm³/mol. The molecular formula is C7H10BN3. The molecule has 1 heterocycles. The van der Waals surface area contributed by atoms with Crippen molar-refractivity contribution in [2.45, 2.75) is 20.3 Å². The van der Waals surface area contributed by atoms with Crippen LogP contribution in [0.5, 0.6) is 0 Å². The van der Waals surface area contributed by atoms with Crippen LogP contribution in [0.25, 0.3) is 0 Å². The van der Waals surface area contributed by atoms with Gasteiger partial charge in [-0.3, -0.25) is 0 Å². The van der Waals surface area contributed by atoms with Crippen LogP contribution < -0.4 is 0 Å². The molecule has 0 aliphatic carbocycles. The van der Waals surface area contributed by atoms with E-state index in [0.29, 0.717) is 7.41 Å². The van der Waals surface area contributed by atoms with Gasteiger partial charge in [-0.15, -0.1) is 0 Å². The molecule has 1 rings (SSSR count). The van der Waals surface area contributed by atoms with Crippen molar-refractivity contribution in [3.63, 3.8) is 0 Å². The van der Waals surface area contributed by atoms with Crippen LogP contribution in [0.4, 0.5) is 0 Å². The van der Waals surface area contributed by atoms with Gasteiger partial charge in [0.2, 0.25) is 0 Å². The molecular weight excluding hydrogens is 137 g/mol. The summed E-state index contributed by atoms with van der Waals surface area (Å²) in [5, 5.41) is 8.48. The normalized spacial score (nSPS) is 9.18. The topological polar surface area (TPSA) is 41.6 Å². The van der Waals surface area contributed by atoms with Crippen molar-refractivity contribution < 1.29 is 0 Å². The molecule has 1 aromatic heterocycles. The number of aryl methyl sites for hydroxylation is 2. The molecule has 0 saturated carbocycles. The highest BCUT2D eigenvalue weighted by Crippen LogP contribution is 2.01. The Hall–Kier alpha value is -1.24. The maximum absolute atomic E-state index is 8.48. The summed E-state index contributed by atoms with van der Waals surface area (Å²) in [7, 11) is 0.412. The average molecular weight is 147 g/mol. The number of rotatable bonds is 2. The van der Waals surface area contributed by atoms with Crippen molar-refractivity contribution in [3.8, 4) is 5.97 Å². The molecule has 0 amide bonds. The Morgan fingerprint density at radius 3 is 3.09 bits per heavy atom. The van der Waals surface area contributed by atoms with E-state index in [2.05, 4.69) is 11.0 Å². The minimum Gasteiger partial charge on any atom is -0.366 e. The van der Waals surface area contributed by atoms with Crippen molar-refractivity contribution in [2.24, 2.45) is 0 Å². The zero-order valence-corrected chi connectivity index (χ0v) is 6.83. The largest absolute Gasteiger partial charge is 0.366 e. The van der Waals surface area contributed by atoms with Crippen LogP contribution in [0, 0.1) is 18.2 Å². The van der Waals surface area contributed by atoms with Crippen LogP contribution in [0.15, 0.2) is 6.20 Å². The third-order valence-corrected chi connectivity index (χ3v) is 1.68. The maximum atomic E-state index is 8.48. The van der Waals surface area contributed by atoms with Crippen LogP contribution in [0.3, 0.4) is 0 Å². The number of hydrogen-bond donors (Lipinski definition) is 0. The highest BCUT2D eigenvalue weighted by Gasteiger charge is 2.04. The molecule has 0 saturated heterocycles. The van der Waals surface area contributed by atoms with Crippen molar-refractivity contribution in [1.29, 1.82) is 5.26 Å². The van der Waals surface area contributed by atoms with E-state index in [-0.39, 0.29) is 0 Å². The zero-order valence-electron chi connectivity index (χ0n) is 6.83. The summed E-state index contributed by atoms with van der Waals surface area (Å²) in [4.78, 5) is 4.16. The van der Waals surface area contributed by atoms with E-state index in [1.165, 1.54) is 0 Å². The molecule has 0 aliphatic rings. The van der Waals surface area contributed by atoms with Gasteiger partial charge in [0.1, 0.15) is 0 Å².